The van der Waals surface area contributed by atoms with Gasteiger partial charge in [-0.05, 0) is 18.6 Å². The fourth-order valence-electron chi connectivity index (χ4n) is 0.443. The Hall–Kier alpha value is 1.92. The van der Waals surface area contributed by atoms with Gasteiger partial charge in [-0.1, -0.05) is 25.7 Å². The molecule has 0 aliphatic carbocycles. The van der Waals surface area contributed by atoms with E-state index in [9.17, 15) is 4.89 Å². The molecule has 0 saturated carbocycles. The molecule has 6 heteroatoms. The van der Waals surface area contributed by atoms with E-state index >= 15 is 0 Å². The summed E-state index contributed by atoms with van der Waals surface area (Å²) < 4.78 is 5.01. The zero-order chi connectivity index (χ0) is 8.74. The van der Waals surface area contributed by atoms with Crippen LogP contribution in [0.1, 0.15) is 26.7 Å². The third-order valence-corrected chi connectivity index (χ3v) is 5.39. The third-order valence-electron chi connectivity index (χ3n) is 0.907. The standard InChI is InChI=1S/C6H15O2PS2.Na/c1-3-5-8-9(7,10)11-6-4-2;/h3-6H2,1-2H3,(H,7,10);/q;+1/p-1. The van der Waals surface area contributed by atoms with E-state index in [0.29, 0.717) is 6.61 Å². The summed E-state index contributed by atoms with van der Waals surface area (Å²) in [7, 11) is 0. The van der Waals surface area contributed by atoms with E-state index in [4.69, 9.17) is 16.3 Å². The summed E-state index contributed by atoms with van der Waals surface area (Å²) in [5.74, 6) is 0.824. The van der Waals surface area contributed by atoms with Crippen LogP contribution in [-0.2, 0) is 16.3 Å². The van der Waals surface area contributed by atoms with Gasteiger partial charge in [0.25, 0.3) is 0 Å². The van der Waals surface area contributed by atoms with Crippen LogP contribution >= 0.6 is 17.1 Å². The SMILES string of the molecule is CCCOP([O-])(=S)SCCC.[Na+]. The van der Waals surface area contributed by atoms with Crippen molar-refractivity contribution in [1.29, 1.82) is 0 Å². The second-order valence-electron chi connectivity index (χ2n) is 2.11. The first kappa shape index (κ1) is 16.4. The Labute approximate surface area is 106 Å². The molecule has 12 heavy (non-hydrogen) atoms. The van der Waals surface area contributed by atoms with E-state index in [2.05, 4.69) is 0 Å². The molecule has 1 unspecified atom stereocenters. The number of rotatable bonds is 6. The molecule has 0 fully saturated rings. The van der Waals surface area contributed by atoms with Crippen LogP contribution in [-0.4, -0.2) is 12.4 Å². The van der Waals surface area contributed by atoms with Crippen LogP contribution in [0.5, 0.6) is 0 Å². The Kier molecular flexibility index (Phi) is 12.9. The van der Waals surface area contributed by atoms with Crippen molar-refractivity contribution in [3.63, 3.8) is 0 Å². The summed E-state index contributed by atoms with van der Waals surface area (Å²) in [6.07, 6.45) is 1.86. The molecule has 68 valence electrons. The van der Waals surface area contributed by atoms with E-state index in [1.807, 2.05) is 13.8 Å². The molecule has 0 aromatic rings. The zero-order valence-corrected chi connectivity index (χ0v) is 12.4. The summed E-state index contributed by atoms with van der Waals surface area (Å²) in [5.41, 5.74) is -2.73. The van der Waals surface area contributed by atoms with Crippen LogP contribution in [0.25, 0.3) is 0 Å². The second-order valence-corrected chi connectivity index (χ2v) is 8.29. The molecule has 1 atom stereocenters. The maximum absolute atomic E-state index is 11.3. The van der Waals surface area contributed by atoms with Crippen molar-refractivity contribution in [3.05, 3.63) is 0 Å². The van der Waals surface area contributed by atoms with Crippen molar-refractivity contribution >= 4 is 28.9 Å². The van der Waals surface area contributed by atoms with E-state index < -0.39 is 5.69 Å². The number of hydrogen-bond acceptors (Lipinski definition) is 4. The van der Waals surface area contributed by atoms with Crippen LogP contribution in [0.15, 0.2) is 0 Å². The number of hydrogen-bond donors (Lipinski definition) is 0. The van der Waals surface area contributed by atoms with Gasteiger partial charge >= 0.3 is 29.6 Å². The fourth-order valence-corrected chi connectivity index (χ4v) is 3.89. The van der Waals surface area contributed by atoms with Crippen LogP contribution in [0, 0.1) is 0 Å². The Morgan fingerprint density at radius 3 is 2.42 bits per heavy atom. The Bertz CT molecular complexity index is 134. The predicted molar refractivity (Wildman–Crippen MR) is 53.3 cm³/mol. The van der Waals surface area contributed by atoms with Crippen molar-refractivity contribution in [2.75, 3.05) is 12.4 Å². The van der Waals surface area contributed by atoms with Gasteiger partial charge in [-0.25, -0.2) is 0 Å². The first-order chi connectivity index (χ1) is 5.12. The van der Waals surface area contributed by atoms with Gasteiger partial charge in [0.05, 0.1) is 6.61 Å². The molecule has 0 aliphatic heterocycles. The Morgan fingerprint density at radius 2 is 2.00 bits per heavy atom. The Morgan fingerprint density at radius 1 is 1.42 bits per heavy atom. The normalized spacial score (nSPS) is 14.9. The van der Waals surface area contributed by atoms with Gasteiger partial charge in [0, 0.05) is 5.69 Å². The maximum Gasteiger partial charge on any atom is 1.00 e. The molecule has 0 rings (SSSR count). The quantitative estimate of drug-likeness (QED) is 0.444. The molecular formula is C6H14NaO2PS2. The molecule has 0 heterocycles. The van der Waals surface area contributed by atoms with E-state index in [0.717, 1.165) is 18.6 Å². The fraction of sp³-hybridized carbons (Fsp3) is 1.00. The van der Waals surface area contributed by atoms with Crippen molar-refractivity contribution in [3.8, 4) is 0 Å². The van der Waals surface area contributed by atoms with Gasteiger partial charge in [-0.15, -0.1) is 11.4 Å². The molecule has 0 radical (unpaired) electrons. The average molecular weight is 236 g/mol. The van der Waals surface area contributed by atoms with Crippen LogP contribution in [0.4, 0.5) is 0 Å². The molecule has 0 amide bonds. The van der Waals surface area contributed by atoms with Gasteiger partial charge < -0.3 is 9.42 Å². The van der Waals surface area contributed by atoms with Gasteiger partial charge in [-0.2, -0.15) is 0 Å². The van der Waals surface area contributed by atoms with Crippen molar-refractivity contribution in [2.24, 2.45) is 0 Å². The predicted octanol–water partition coefficient (Wildman–Crippen LogP) is -0.855. The van der Waals surface area contributed by atoms with Crippen molar-refractivity contribution in [2.45, 2.75) is 26.7 Å². The van der Waals surface area contributed by atoms with Crippen LogP contribution in [0.2, 0.25) is 0 Å². The summed E-state index contributed by atoms with van der Waals surface area (Å²) in [6, 6.07) is 0. The topological polar surface area (TPSA) is 32.3 Å². The molecule has 0 aromatic heterocycles. The van der Waals surface area contributed by atoms with Gasteiger partial charge in [-0.3, -0.25) is 0 Å². The van der Waals surface area contributed by atoms with Gasteiger partial charge in [0.1, 0.15) is 0 Å². The molecule has 0 N–H and O–H groups in total. The average Bonchev–Trinajstić information content (AvgIpc) is 1.97. The smallest absolute Gasteiger partial charge is 0.793 e. The summed E-state index contributed by atoms with van der Waals surface area (Å²) in [6.45, 7) is 4.51. The molecule has 0 aromatic carbocycles. The minimum absolute atomic E-state index is 0. The summed E-state index contributed by atoms with van der Waals surface area (Å²) >= 11 is 6.04. The minimum Gasteiger partial charge on any atom is -0.793 e. The largest absolute Gasteiger partial charge is 1.00 e. The molecular weight excluding hydrogens is 222 g/mol. The molecule has 0 saturated heterocycles. The molecule has 0 aliphatic rings. The zero-order valence-electron chi connectivity index (χ0n) is 7.91. The van der Waals surface area contributed by atoms with Crippen LogP contribution in [0.3, 0.4) is 0 Å². The first-order valence-corrected chi connectivity index (χ1v) is 7.95. The van der Waals surface area contributed by atoms with Gasteiger partial charge in [0.2, 0.25) is 0 Å². The maximum atomic E-state index is 11.3. The second kappa shape index (κ2) is 9.47. The summed E-state index contributed by atoms with van der Waals surface area (Å²) in [4.78, 5) is 11.3. The molecule has 0 spiro atoms. The monoisotopic (exact) mass is 236 g/mol. The summed E-state index contributed by atoms with van der Waals surface area (Å²) in [5, 5.41) is 0. The van der Waals surface area contributed by atoms with E-state index in [1.165, 1.54) is 11.4 Å². The van der Waals surface area contributed by atoms with Crippen molar-refractivity contribution < 1.29 is 39.0 Å². The Balaban J connectivity index is 0. The molecule has 0 bridgehead atoms. The molecule has 2 nitrogen and oxygen atoms in total. The van der Waals surface area contributed by atoms with E-state index in [-0.39, 0.29) is 29.6 Å². The first-order valence-electron chi connectivity index (χ1n) is 3.72. The van der Waals surface area contributed by atoms with E-state index in [1.54, 1.807) is 0 Å². The van der Waals surface area contributed by atoms with Crippen molar-refractivity contribution in [1.82, 2.24) is 0 Å². The van der Waals surface area contributed by atoms with Gasteiger partial charge in [0.15, 0.2) is 0 Å². The minimum atomic E-state index is -2.73. The third kappa shape index (κ3) is 10.0. The van der Waals surface area contributed by atoms with Crippen LogP contribution < -0.4 is 34.5 Å².